The van der Waals surface area contributed by atoms with E-state index in [1.807, 2.05) is 0 Å². The lowest BCUT2D eigenvalue weighted by atomic mass is 10.9. The lowest BCUT2D eigenvalue weighted by Gasteiger charge is -2.10. The van der Waals surface area contributed by atoms with Gasteiger partial charge < -0.3 is 4.74 Å². The summed E-state index contributed by atoms with van der Waals surface area (Å²) in [7, 11) is 1.83. The van der Waals surface area contributed by atoms with Crippen LogP contribution in [0, 0.1) is 0 Å². The summed E-state index contributed by atoms with van der Waals surface area (Å²) in [5.74, 6) is 0. The maximum absolute atomic E-state index is 10.6. The highest BCUT2D eigenvalue weighted by molar-refractivity contribution is 8.12. The summed E-state index contributed by atoms with van der Waals surface area (Å²) in [6, 6.07) is 0. The minimum atomic E-state index is -3.99. The lowest BCUT2D eigenvalue weighted by molar-refractivity contribution is 0.137. The normalized spacial score (nSPS) is 10.8. The first-order valence-electron chi connectivity index (χ1n) is 2.75. The van der Waals surface area contributed by atoms with Crippen LogP contribution < -0.4 is 0 Å². The number of rotatable bonds is 2. The van der Waals surface area contributed by atoms with Gasteiger partial charge in [-0.1, -0.05) is 0 Å². The zero-order valence-corrected chi connectivity index (χ0v) is 7.65. The minimum Gasteiger partial charge on any atom is -0.449 e. The van der Waals surface area contributed by atoms with Crippen molar-refractivity contribution in [1.82, 2.24) is 4.31 Å². The fourth-order valence-electron chi connectivity index (χ4n) is 0.303. The zero-order chi connectivity index (χ0) is 9.07. The molecule has 0 spiro atoms. The van der Waals surface area contributed by atoms with Gasteiger partial charge in [0.25, 0.3) is 0 Å². The molecule has 0 aliphatic heterocycles. The molecule has 0 bridgehead atoms. The van der Waals surface area contributed by atoms with E-state index in [1.54, 1.807) is 6.92 Å². The van der Waals surface area contributed by atoms with Crippen LogP contribution >= 0.6 is 10.7 Å². The van der Waals surface area contributed by atoms with Gasteiger partial charge in [-0.2, -0.15) is 12.7 Å². The molecule has 0 saturated heterocycles. The van der Waals surface area contributed by atoms with Crippen molar-refractivity contribution in [3.05, 3.63) is 0 Å². The monoisotopic (exact) mass is 201 g/mol. The molecular formula is C4H8ClNO4S. The molecule has 0 rings (SSSR count). The summed E-state index contributed by atoms with van der Waals surface area (Å²) in [5, 5.41) is 0. The number of carbonyl (C=O) groups excluding carboxylic acids is 1. The van der Waals surface area contributed by atoms with Crippen molar-refractivity contribution in [2.45, 2.75) is 6.92 Å². The number of hydrogen-bond donors (Lipinski definition) is 0. The first-order valence-corrected chi connectivity index (χ1v) is 5.01. The number of nitrogens with zero attached hydrogens (tertiary/aromatic N) is 1. The smallest absolute Gasteiger partial charge is 0.424 e. The maximum atomic E-state index is 10.6. The Kier molecular flexibility index (Phi) is 3.61. The van der Waals surface area contributed by atoms with Gasteiger partial charge in [-0.05, 0) is 6.92 Å². The largest absolute Gasteiger partial charge is 0.449 e. The number of carbonyl (C=O) groups is 1. The van der Waals surface area contributed by atoms with Crippen LogP contribution in [0.2, 0.25) is 0 Å². The molecule has 0 atom stereocenters. The third-order valence-electron chi connectivity index (χ3n) is 0.852. The van der Waals surface area contributed by atoms with Crippen LogP contribution in [0.5, 0.6) is 0 Å². The number of ether oxygens (including phenoxy) is 1. The minimum absolute atomic E-state index is 0.107. The van der Waals surface area contributed by atoms with Crippen LogP contribution in [0.15, 0.2) is 0 Å². The van der Waals surface area contributed by atoms with Gasteiger partial charge in [-0.25, -0.2) is 4.79 Å². The predicted octanol–water partition coefficient (Wildman–Crippen LogP) is 0.558. The molecule has 11 heavy (non-hydrogen) atoms. The lowest BCUT2D eigenvalue weighted by Crippen LogP contribution is -2.30. The summed E-state index contributed by atoms with van der Waals surface area (Å²) < 4.78 is 25.5. The van der Waals surface area contributed by atoms with E-state index in [0.717, 1.165) is 7.05 Å². The second kappa shape index (κ2) is 3.77. The van der Waals surface area contributed by atoms with Crippen molar-refractivity contribution in [3.8, 4) is 0 Å². The average Bonchev–Trinajstić information content (AvgIpc) is 1.85. The Morgan fingerprint density at radius 1 is 1.64 bits per heavy atom. The Labute approximate surface area is 69.4 Å². The third kappa shape index (κ3) is 3.43. The van der Waals surface area contributed by atoms with Gasteiger partial charge >= 0.3 is 15.3 Å². The second-order valence-corrected chi connectivity index (χ2v) is 4.15. The van der Waals surface area contributed by atoms with Gasteiger partial charge in [0.05, 0.1) is 6.61 Å². The first kappa shape index (κ1) is 10.5. The molecule has 0 aromatic rings. The highest BCUT2D eigenvalue weighted by Gasteiger charge is 2.20. The second-order valence-electron chi connectivity index (χ2n) is 1.61. The number of hydrogen-bond acceptors (Lipinski definition) is 4. The van der Waals surface area contributed by atoms with Crippen molar-refractivity contribution in [3.63, 3.8) is 0 Å². The molecule has 5 nitrogen and oxygen atoms in total. The van der Waals surface area contributed by atoms with Crippen molar-refractivity contribution < 1.29 is 17.9 Å². The highest BCUT2D eigenvalue weighted by Crippen LogP contribution is 2.04. The molecular weight excluding hydrogens is 194 g/mol. The van der Waals surface area contributed by atoms with Gasteiger partial charge in [0.1, 0.15) is 0 Å². The van der Waals surface area contributed by atoms with Crippen molar-refractivity contribution >= 4 is 26.0 Å². The first-order chi connectivity index (χ1) is 4.89. The van der Waals surface area contributed by atoms with Crippen LogP contribution in [0.1, 0.15) is 6.92 Å². The quantitative estimate of drug-likeness (QED) is 0.613. The Morgan fingerprint density at radius 2 is 2.09 bits per heavy atom. The van der Waals surface area contributed by atoms with Gasteiger partial charge in [0, 0.05) is 17.7 Å². The number of amides is 1. The summed E-state index contributed by atoms with van der Waals surface area (Å²) in [5.41, 5.74) is 0. The molecule has 7 heteroatoms. The summed E-state index contributed by atoms with van der Waals surface area (Å²) >= 11 is 0. The molecule has 1 amide bonds. The van der Waals surface area contributed by atoms with Gasteiger partial charge in [0.15, 0.2) is 0 Å². The van der Waals surface area contributed by atoms with E-state index in [-0.39, 0.29) is 6.61 Å². The Morgan fingerprint density at radius 3 is 2.36 bits per heavy atom. The van der Waals surface area contributed by atoms with E-state index in [9.17, 15) is 13.2 Å². The Hall–Kier alpha value is -0.490. The molecule has 0 heterocycles. The highest BCUT2D eigenvalue weighted by atomic mass is 35.7. The molecule has 0 radical (unpaired) electrons. The molecule has 0 aliphatic carbocycles. The SMILES string of the molecule is CCOC(=O)N(C)S(=O)(=O)Cl. The third-order valence-corrected chi connectivity index (χ3v) is 2.28. The van der Waals surface area contributed by atoms with Crippen LogP contribution in [0.3, 0.4) is 0 Å². The fraction of sp³-hybridized carbons (Fsp3) is 0.750. The Balaban J connectivity index is 4.27. The van der Waals surface area contributed by atoms with Gasteiger partial charge in [-0.15, -0.1) is 0 Å². The standard InChI is InChI=1S/C4H8ClNO4S/c1-3-10-4(7)6(2)11(5,8)9/h3H2,1-2H3. The summed E-state index contributed by atoms with van der Waals surface area (Å²) in [6.45, 7) is 1.67. The fourth-order valence-corrected chi connectivity index (χ4v) is 0.703. The topological polar surface area (TPSA) is 63.7 Å². The van der Waals surface area contributed by atoms with Crippen LogP contribution in [0.4, 0.5) is 4.79 Å². The van der Waals surface area contributed by atoms with Crippen molar-refractivity contribution in [1.29, 1.82) is 0 Å². The van der Waals surface area contributed by atoms with Crippen LogP contribution in [-0.4, -0.2) is 32.5 Å². The van der Waals surface area contributed by atoms with E-state index in [2.05, 4.69) is 4.74 Å². The summed E-state index contributed by atoms with van der Waals surface area (Å²) in [6.07, 6.45) is -0.984. The molecule has 0 saturated carbocycles. The van der Waals surface area contributed by atoms with Crippen molar-refractivity contribution in [2.24, 2.45) is 0 Å². The van der Waals surface area contributed by atoms with Crippen molar-refractivity contribution in [2.75, 3.05) is 13.7 Å². The molecule has 0 N–H and O–H groups in total. The van der Waals surface area contributed by atoms with E-state index >= 15 is 0 Å². The molecule has 0 unspecified atom stereocenters. The summed E-state index contributed by atoms with van der Waals surface area (Å²) in [4.78, 5) is 10.6. The maximum Gasteiger partial charge on any atom is 0.424 e. The predicted molar refractivity (Wildman–Crippen MR) is 39.6 cm³/mol. The van der Waals surface area contributed by atoms with E-state index in [4.69, 9.17) is 10.7 Å². The zero-order valence-electron chi connectivity index (χ0n) is 6.07. The molecule has 0 fully saturated rings. The molecule has 66 valence electrons. The molecule has 0 aromatic heterocycles. The average molecular weight is 202 g/mol. The van der Waals surface area contributed by atoms with Crippen LogP contribution in [0.25, 0.3) is 0 Å². The van der Waals surface area contributed by atoms with Gasteiger partial charge in [-0.3, -0.25) is 0 Å². The molecule has 0 aliphatic rings. The van der Waals surface area contributed by atoms with Crippen LogP contribution in [-0.2, 0) is 14.0 Å². The van der Waals surface area contributed by atoms with E-state index in [1.165, 1.54) is 0 Å². The number of halogens is 1. The Bertz CT molecular complexity index is 236. The molecule has 0 aromatic carbocycles. The van der Waals surface area contributed by atoms with Gasteiger partial charge in [0.2, 0.25) is 0 Å². The van der Waals surface area contributed by atoms with E-state index < -0.39 is 15.3 Å². The van der Waals surface area contributed by atoms with E-state index in [0.29, 0.717) is 4.31 Å².